The van der Waals surface area contributed by atoms with E-state index in [9.17, 15) is 4.79 Å². The van der Waals surface area contributed by atoms with Gasteiger partial charge in [0.05, 0.1) is 6.10 Å². The Morgan fingerprint density at radius 2 is 2.13 bits per heavy atom. The number of carboxylic acids is 1. The van der Waals surface area contributed by atoms with Crippen molar-refractivity contribution in [3.8, 4) is 5.88 Å². The van der Waals surface area contributed by atoms with Crippen molar-refractivity contribution in [2.75, 3.05) is 0 Å². The molecule has 1 aromatic rings. The zero-order valence-electron chi connectivity index (χ0n) is 8.97. The monoisotopic (exact) mass is 210 g/mol. The summed E-state index contributed by atoms with van der Waals surface area (Å²) < 4.78 is 5.34. The van der Waals surface area contributed by atoms with Gasteiger partial charge in [0.25, 0.3) is 0 Å². The summed E-state index contributed by atoms with van der Waals surface area (Å²) in [6.45, 7) is 5.29. The average Bonchev–Trinajstić information content (AvgIpc) is 2.16. The Kier molecular flexibility index (Phi) is 3.60. The van der Waals surface area contributed by atoms with E-state index in [1.54, 1.807) is 6.07 Å². The number of carbonyl (C=O) groups is 1. The molecule has 0 fully saturated rings. The standard InChI is InChI=1S/C10H14N2O3/c1-6(2)15-8-4-5-11-9(12-8)7(3)10(13)14/h4-7H,1-3H3,(H,13,14). The normalized spacial score (nSPS) is 12.5. The molecule has 0 aliphatic carbocycles. The van der Waals surface area contributed by atoms with Crippen LogP contribution in [0.25, 0.3) is 0 Å². The number of aliphatic carboxylic acids is 1. The highest BCUT2D eigenvalue weighted by molar-refractivity contribution is 5.74. The fourth-order valence-corrected chi connectivity index (χ4v) is 0.983. The summed E-state index contributed by atoms with van der Waals surface area (Å²) in [6, 6.07) is 1.61. The molecule has 0 amide bonds. The zero-order chi connectivity index (χ0) is 11.4. The Morgan fingerprint density at radius 3 is 2.67 bits per heavy atom. The molecule has 5 heteroatoms. The maximum absolute atomic E-state index is 10.7. The second-order valence-corrected chi connectivity index (χ2v) is 3.48. The smallest absolute Gasteiger partial charge is 0.313 e. The van der Waals surface area contributed by atoms with E-state index in [2.05, 4.69) is 9.97 Å². The molecule has 1 N–H and O–H groups in total. The number of rotatable bonds is 4. The van der Waals surface area contributed by atoms with Crippen LogP contribution in [0, 0.1) is 0 Å². The van der Waals surface area contributed by atoms with Crippen molar-refractivity contribution in [2.45, 2.75) is 32.8 Å². The van der Waals surface area contributed by atoms with Gasteiger partial charge in [-0.3, -0.25) is 4.79 Å². The van der Waals surface area contributed by atoms with Crippen LogP contribution in [-0.4, -0.2) is 27.1 Å². The van der Waals surface area contributed by atoms with Gasteiger partial charge in [-0.15, -0.1) is 0 Å². The number of ether oxygens (including phenoxy) is 1. The maximum Gasteiger partial charge on any atom is 0.313 e. The largest absolute Gasteiger partial charge is 0.481 e. The molecule has 0 saturated heterocycles. The summed E-state index contributed by atoms with van der Waals surface area (Å²) in [4.78, 5) is 18.6. The molecular formula is C10H14N2O3. The molecule has 0 aromatic carbocycles. The Balaban J connectivity index is 2.87. The van der Waals surface area contributed by atoms with E-state index < -0.39 is 11.9 Å². The van der Waals surface area contributed by atoms with Crippen molar-refractivity contribution in [3.63, 3.8) is 0 Å². The molecule has 82 valence electrons. The van der Waals surface area contributed by atoms with Gasteiger partial charge in [0.2, 0.25) is 5.88 Å². The topological polar surface area (TPSA) is 72.3 Å². The fourth-order valence-electron chi connectivity index (χ4n) is 0.983. The molecule has 0 aliphatic heterocycles. The predicted octanol–water partition coefficient (Wildman–Crippen LogP) is 1.45. The van der Waals surface area contributed by atoms with Crippen LogP contribution in [0.1, 0.15) is 32.5 Å². The molecule has 0 aliphatic rings. The second-order valence-electron chi connectivity index (χ2n) is 3.48. The molecular weight excluding hydrogens is 196 g/mol. The highest BCUT2D eigenvalue weighted by Gasteiger charge is 2.17. The van der Waals surface area contributed by atoms with Crippen LogP contribution in [0.3, 0.4) is 0 Å². The van der Waals surface area contributed by atoms with Crippen LogP contribution in [0.4, 0.5) is 0 Å². The highest BCUT2D eigenvalue weighted by atomic mass is 16.5. The Morgan fingerprint density at radius 1 is 1.47 bits per heavy atom. The number of aromatic nitrogens is 2. The van der Waals surface area contributed by atoms with E-state index >= 15 is 0 Å². The number of hydrogen-bond acceptors (Lipinski definition) is 4. The van der Waals surface area contributed by atoms with Gasteiger partial charge in [-0.25, -0.2) is 4.98 Å². The molecule has 1 unspecified atom stereocenters. The number of carboxylic acid groups (broad SMARTS) is 1. The minimum atomic E-state index is -0.948. The summed E-state index contributed by atoms with van der Waals surface area (Å²) >= 11 is 0. The van der Waals surface area contributed by atoms with E-state index in [1.165, 1.54) is 13.1 Å². The van der Waals surface area contributed by atoms with Crippen molar-refractivity contribution >= 4 is 5.97 Å². The van der Waals surface area contributed by atoms with Crippen LogP contribution in [-0.2, 0) is 4.79 Å². The zero-order valence-corrected chi connectivity index (χ0v) is 8.97. The third-order valence-electron chi connectivity index (χ3n) is 1.76. The van der Waals surface area contributed by atoms with E-state index in [4.69, 9.17) is 9.84 Å². The molecule has 1 atom stereocenters. The van der Waals surface area contributed by atoms with Crippen molar-refractivity contribution in [1.29, 1.82) is 0 Å². The van der Waals surface area contributed by atoms with E-state index in [0.29, 0.717) is 5.88 Å². The maximum atomic E-state index is 10.7. The van der Waals surface area contributed by atoms with Crippen molar-refractivity contribution in [3.05, 3.63) is 18.1 Å². The lowest BCUT2D eigenvalue weighted by Crippen LogP contribution is -2.13. The van der Waals surface area contributed by atoms with Gasteiger partial charge >= 0.3 is 5.97 Å². The van der Waals surface area contributed by atoms with Crippen LogP contribution < -0.4 is 4.74 Å². The van der Waals surface area contributed by atoms with Gasteiger partial charge in [-0.1, -0.05) is 0 Å². The molecule has 15 heavy (non-hydrogen) atoms. The summed E-state index contributed by atoms with van der Waals surface area (Å²) in [5.74, 6) is -0.999. The van der Waals surface area contributed by atoms with Gasteiger partial charge in [0.1, 0.15) is 11.7 Å². The van der Waals surface area contributed by atoms with E-state index in [0.717, 1.165) is 0 Å². The van der Waals surface area contributed by atoms with Gasteiger partial charge in [-0.05, 0) is 20.8 Å². The molecule has 1 aromatic heterocycles. The van der Waals surface area contributed by atoms with Gasteiger partial charge in [0.15, 0.2) is 0 Å². The molecule has 5 nitrogen and oxygen atoms in total. The van der Waals surface area contributed by atoms with Crippen molar-refractivity contribution in [2.24, 2.45) is 0 Å². The highest BCUT2D eigenvalue weighted by Crippen LogP contribution is 2.14. The first kappa shape index (κ1) is 11.4. The first-order valence-corrected chi connectivity index (χ1v) is 4.73. The predicted molar refractivity (Wildman–Crippen MR) is 53.8 cm³/mol. The van der Waals surface area contributed by atoms with Gasteiger partial charge in [-0.2, -0.15) is 4.98 Å². The fraction of sp³-hybridized carbons (Fsp3) is 0.500. The Labute approximate surface area is 88.1 Å². The molecule has 0 bridgehead atoms. The lowest BCUT2D eigenvalue weighted by atomic mass is 10.2. The van der Waals surface area contributed by atoms with Crippen molar-refractivity contribution < 1.29 is 14.6 Å². The SMILES string of the molecule is CC(C)Oc1ccnc(C(C)C(=O)O)n1. The number of nitrogens with zero attached hydrogens (tertiary/aromatic N) is 2. The van der Waals surface area contributed by atoms with E-state index in [1.807, 2.05) is 13.8 Å². The summed E-state index contributed by atoms with van der Waals surface area (Å²) in [7, 11) is 0. The minimum Gasteiger partial charge on any atom is -0.481 e. The van der Waals surface area contributed by atoms with Crippen LogP contribution in [0.15, 0.2) is 12.3 Å². The first-order chi connectivity index (χ1) is 7.00. The lowest BCUT2D eigenvalue weighted by Gasteiger charge is -2.10. The molecule has 0 spiro atoms. The first-order valence-electron chi connectivity index (χ1n) is 4.73. The molecule has 1 rings (SSSR count). The summed E-state index contributed by atoms with van der Waals surface area (Å²) in [5.41, 5.74) is 0. The van der Waals surface area contributed by atoms with Gasteiger partial charge in [0, 0.05) is 12.3 Å². The summed E-state index contributed by atoms with van der Waals surface area (Å²) in [6.07, 6.45) is 1.51. The molecule has 1 heterocycles. The van der Waals surface area contributed by atoms with Crippen LogP contribution in [0.5, 0.6) is 5.88 Å². The van der Waals surface area contributed by atoms with Crippen LogP contribution in [0.2, 0.25) is 0 Å². The van der Waals surface area contributed by atoms with E-state index in [-0.39, 0.29) is 11.9 Å². The minimum absolute atomic E-state index is 0.00730. The Hall–Kier alpha value is -1.65. The molecule has 0 saturated carbocycles. The summed E-state index contributed by atoms with van der Waals surface area (Å²) in [5, 5.41) is 8.79. The lowest BCUT2D eigenvalue weighted by molar-refractivity contribution is -0.138. The molecule has 0 radical (unpaired) electrons. The third kappa shape index (κ3) is 3.19. The van der Waals surface area contributed by atoms with Crippen LogP contribution >= 0.6 is 0 Å². The average molecular weight is 210 g/mol. The third-order valence-corrected chi connectivity index (χ3v) is 1.76. The quantitative estimate of drug-likeness (QED) is 0.814. The van der Waals surface area contributed by atoms with Crippen molar-refractivity contribution in [1.82, 2.24) is 9.97 Å². The second kappa shape index (κ2) is 4.72. The number of hydrogen-bond donors (Lipinski definition) is 1. The van der Waals surface area contributed by atoms with Gasteiger partial charge < -0.3 is 9.84 Å². The Bertz CT molecular complexity index is 352.